The molecular weight excluding hydrogens is 419 g/mol. The minimum absolute atomic E-state index is 0.201. The van der Waals surface area contributed by atoms with Gasteiger partial charge in [0, 0.05) is 6.54 Å². The van der Waals surface area contributed by atoms with Gasteiger partial charge in [-0.15, -0.1) is 0 Å². The fraction of sp³-hybridized carbons (Fsp3) is 0.381. The Hall–Kier alpha value is -2.39. The van der Waals surface area contributed by atoms with Crippen molar-refractivity contribution in [2.45, 2.75) is 49.8 Å². The van der Waals surface area contributed by atoms with Crippen LogP contribution in [0.1, 0.15) is 37.3 Å². The second-order valence-corrected chi connectivity index (χ2v) is 8.90. The number of unbranched alkanes of at least 4 members (excludes halogenated alkanes) is 1. The number of hydrogen-bond donors (Lipinski definition) is 1. The van der Waals surface area contributed by atoms with E-state index in [2.05, 4.69) is 0 Å². The van der Waals surface area contributed by atoms with Gasteiger partial charge in [-0.05, 0) is 31.0 Å². The molecule has 0 aliphatic heterocycles. The van der Waals surface area contributed by atoms with Crippen molar-refractivity contribution >= 4 is 15.9 Å². The van der Waals surface area contributed by atoms with Gasteiger partial charge >= 0.3 is 6.18 Å². The van der Waals surface area contributed by atoms with Crippen molar-refractivity contribution in [2.75, 3.05) is 6.54 Å². The van der Waals surface area contributed by atoms with Gasteiger partial charge in [0.15, 0.2) is 5.60 Å². The van der Waals surface area contributed by atoms with Crippen LogP contribution < -0.4 is 0 Å². The maximum absolute atomic E-state index is 13.8. The summed E-state index contributed by atoms with van der Waals surface area (Å²) in [5.41, 5.74) is -3.26. The standard InChI is InChI=1S/C21H24F3NO4S/c1-3-4-14-25(30(28,29)18-12-10-16(2)11-13-18)19(26)15-20(27,21(22,23)24)17-8-6-5-7-9-17/h5-13,27H,3-4,14-15H2,1-2H3/t20-/m0/s1. The van der Waals surface area contributed by atoms with Gasteiger partial charge < -0.3 is 5.11 Å². The van der Waals surface area contributed by atoms with E-state index in [1.165, 1.54) is 42.5 Å². The molecular formula is C21H24F3NO4S. The van der Waals surface area contributed by atoms with Crippen LogP contribution in [0.3, 0.4) is 0 Å². The van der Waals surface area contributed by atoms with E-state index in [1.54, 1.807) is 13.8 Å². The van der Waals surface area contributed by atoms with E-state index in [4.69, 9.17) is 0 Å². The predicted octanol–water partition coefficient (Wildman–Crippen LogP) is 4.15. The number of aliphatic hydroxyl groups is 1. The Labute approximate surface area is 174 Å². The number of benzene rings is 2. The number of amides is 1. The van der Waals surface area contributed by atoms with Crippen LogP contribution in [0.5, 0.6) is 0 Å². The number of nitrogens with zero attached hydrogens (tertiary/aromatic N) is 1. The minimum Gasteiger partial charge on any atom is -0.376 e. The second kappa shape index (κ2) is 9.18. The fourth-order valence-corrected chi connectivity index (χ4v) is 4.34. The van der Waals surface area contributed by atoms with E-state index in [1.807, 2.05) is 0 Å². The molecule has 0 unspecified atom stereocenters. The van der Waals surface area contributed by atoms with Crippen LogP contribution in [0.2, 0.25) is 0 Å². The maximum atomic E-state index is 13.8. The van der Waals surface area contributed by atoms with Gasteiger partial charge in [-0.2, -0.15) is 13.2 Å². The monoisotopic (exact) mass is 443 g/mol. The molecule has 1 N–H and O–H groups in total. The molecule has 0 radical (unpaired) electrons. The summed E-state index contributed by atoms with van der Waals surface area (Å²) in [6.45, 7) is 3.23. The molecule has 0 fully saturated rings. The molecule has 2 aromatic rings. The predicted molar refractivity (Wildman–Crippen MR) is 106 cm³/mol. The molecule has 5 nitrogen and oxygen atoms in total. The first kappa shape index (κ1) is 23.9. The maximum Gasteiger partial charge on any atom is 0.421 e. The molecule has 0 spiro atoms. The van der Waals surface area contributed by atoms with Gasteiger partial charge in [-0.3, -0.25) is 4.79 Å². The number of sulfonamides is 1. The molecule has 9 heteroatoms. The highest BCUT2D eigenvalue weighted by molar-refractivity contribution is 7.89. The van der Waals surface area contributed by atoms with E-state index in [0.717, 1.165) is 17.7 Å². The highest BCUT2D eigenvalue weighted by Gasteiger charge is 2.56. The van der Waals surface area contributed by atoms with E-state index < -0.39 is 39.7 Å². The Balaban J connectivity index is 2.46. The molecule has 0 aliphatic rings. The summed E-state index contributed by atoms with van der Waals surface area (Å²) < 4.78 is 67.7. The third kappa shape index (κ3) is 5.02. The first-order chi connectivity index (χ1) is 13.9. The third-order valence-electron chi connectivity index (χ3n) is 4.73. The van der Waals surface area contributed by atoms with E-state index in [-0.39, 0.29) is 17.9 Å². The van der Waals surface area contributed by atoms with Crippen molar-refractivity contribution in [2.24, 2.45) is 0 Å². The number of carbonyl (C=O) groups is 1. The quantitative estimate of drug-likeness (QED) is 0.665. The fourth-order valence-electron chi connectivity index (χ4n) is 2.90. The summed E-state index contributed by atoms with van der Waals surface area (Å²) in [5.74, 6) is -1.33. The van der Waals surface area contributed by atoms with Crippen LogP contribution >= 0.6 is 0 Å². The van der Waals surface area contributed by atoms with Crippen molar-refractivity contribution in [1.29, 1.82) is 0 Å². The number of carbonyl (C=O) groups excluding carboxylic acids is 1. The summed E-state index contributed by atoms with van der Waals surface area (Å²) in [4.78, 5) is 12.7. The smallest absolute Gasteiger partial charge is 0.376 e. The minimum atomic E-state index is -5.19. The van der Waals surface area contributed by atoms with Gasteiger partial charge in [0.2, 0.25) is 5.91 Å². The summed E-state index contributed by atoms with van der Waals surface area (Å²) in [7, 11) is -4.38. The van der Waals surface area contributed by atoms with E-state index >= 15 is 0 Å². The number of halogens is 3. The SMILES string of the molecule is CCCCN(C(=O)C[C@](O)(c1ccccc1)C(F)(F)F)S(=O)(=O)c1ccc(C)cc1. The highest BCUT2D eigenvalue weighted by Crippen LogP contribution is 2.42. The van der Waals surface area contributed by atoms with Crippen LogP contribution in [0.15, 0.2) is 59.5 Å². The van der Waals surface area contributed by atoms with Gasteiger partial charge in [0.1, 0.15) is 0 Å². The molecule has 30 heavy (non-hydrogen) atoms. The molecule has 164 valence electrons. The van der Waals surface area contributed by atoms with Gasteiger partial charge in [-0.25, -0.2) is 12.7 Å². The van der Waals surface area contributed by atoms with Crippen molar-refractivity contribution in [3.05, 3.63) is 65.7 Å². The Bertz CT molecular complexity index is 960. The zero-order chi connectivity index (χ0) is 22.6. The highest BCUT2D eigenvalue weighted by atomic mass is 32.2. The Kier molecular flexibility index (Phi) is 7.31. The van der Waals surface area contributed by atoms with Crippen LogP contribution in [0.25, 0.3) is 0 Å². The summed E-state index contributed by atoms with van der Waals surface area (Å²) in [6.07, 6.45) is -5.84. The molecule has 2 rings (SSSR count). The lowest BCUT2D eigenvalue weighted by atomic mass is 9.89. The Morgan fingerprint density at radius 2 is 1.60 bits per heavy atom. The lowest BCUT2D eigenvalue weighted by Crippen LogP contribution is -2.48. The summed E-state index contributed by atoms with van der Waals surface area (Å²) in [5, 5.41) is 10.5. The number of rotatable bonds is 8. The molecule has 0 saturated carbocycles. The summed E-state index contributed by atoms with van der Waals surface area (Å²) >= 11 is 0. The first-order valence-corrected chi connectivity index (χ1v) is 10.8. The molecule has 0 saturated heterocycles. The van der Waals surface area contributed by atoms with Crippen molar-refractivity contribution < 1.29 is 31.5 Å². The molecule has 0 aromatic heterocycles. The average molecular weight is 443 g/mol. The zero-order valence-electron chi connectivity index (χ0n) is 16.7. The van der Waals surface area contributed by atoms with Crippen molar-refractivity contribution in [1.82, 2.24) is 4.31 Å². The van der Waals surface area contributed by atoms with Gasteiger partial charge in [0.05, 0.1) is 11.3 Å². The van der Waals surface area contributed by atoms with E-state index in [0.29, 0.717) is 10.7 Å². The normalized spacial score (nSPS) is 14.2. The van der Waals surface area contributed by atoms with Crippen molar-refractivity contribution in [3.63, 3.8) is 0 Å². The molecule has 0 aliphatic carbocycles. The van der Waals surface area contributed by atoms with Crippen LogP contribution in [-0.2, 0) is 20.4 Å². The molecule has 1 amide bonds. The van der Waals surface area contributed by atoms with Crippen molar-refractivity contribution in [3.8, 4) is 0 Å². The van der Waals surface area contributed by atoms with Crippen LogP contribution in [0, 0.1) is 6.92 Å². The number of alkyl halides is 3. The molecule has 0 heterocycles. The first-order valence-electron chi connectivity index (χ1n) is 9.40. The molecule has 2 aromatic carbocycles. The largest absolute Gasteiger partial charge is 0.421 e. The zero-order valence-corrected chi connectivity index (χ0v) is 17.5. The lowest BCUT2D eigenvalue weighted by molar-refractivity contribution is -0.267. The third-order valence-corrected chi connectivity index (χ3v) is 6.56. The van der Waals surface area contributed by atoms with Gasteiger partial charge in [0.25, 0.3) is 10.0 Å². The van der Waals surface area contributed by atoms with Gasteiger partial charge in [-0.1, -0.05) is 61.4 Å². The average Bonchev–Trinajstić information content (AvgIpc) is 2.68. The lowest BCUT2D eigenvalue weighted by Gasteiger charge is -2.32. The number of hydrogen-bond acceptors (Lipinski definition) is 4. The molecule has 0 bridgehead atoms. The Morgan fingerprint density at radius 3 is 2.10 bits per heavy atom. The second-order valence-electron chi connectivity index (χ2n) is 7.04. The summed E-state index contributed by atoms with van der Waals surface area (Å²) in [6, 6.07) is 11.8. The van der Waals surface area contributed by atoms with Crippen LogP contribution in [-0.4, -0.2) is 36.5 Å². The Morgan fingerprint density at radius 1 is 1.03 bits per heavy atom. The van der Waals surface area contributed by atoms with Crippen LogP contribution in [0.4, 0.5) is 13.2 Å². The number of aryl methyl sites for hydroxylation is 1. The molecule has 1 atom stereocenters. The topological polar surface area (TPSA) is 74.7 Å². The van der Waals surface area contributed by atoms with E-state index in [9.17, 15) is 31.5 Å².